The summed E-state index contributed by atoms with van der Waals surface area (Å²) in [6.45, 7) is 0.995. The van der Waals surface area contributed by atoms with Crippen LogP contribution in [0.5, 0.6) is 0 Å². The van der Waals surface area contributed by atoms with E-state index in [1.165, 1.54) is 16.7 Å². The van der Waals surface area contributed by atoms with Crippen LogP contribution in [0.15, 0.2) is 41.3 Å². The third-order valence-electron chi connectivity index (χ3n) is 2.84. The standard InChI is InChI=1S/C14H14F2N2O/c15-12-4-2-10(8-13(12)16)11-3-5-14(19)18(9-11)7-1-6-17/h2-5,8-9H,1,6-7,17H2. The molecule has 1 aromatic carbocycles. The van der Waals surface area contributed by atoms with Crippen molar-refractivity contribution in [3.63, 3.8) is 0 Å². The summed E-state index contributed by atoms with van der Waals surface area (Å²) in [6, 6.07) is 6.66. The summed E-state index contributed by atoms with van der Waals surface area (Å²) in [5.74, 6) is -1.79. The summed E-state index contributed by atoms with van der Waals surface area (Å²) in [4.78, 5) is 11.6. The van der Waals surface area contributed by atoms with Crippen molar-refractivity contribution < 1.29 is 8.78 Å². The Bertz CT molecular complexity index is 638. The Morgan fingerprint density at radius 3 is 2.47 bits per heavy atom. The first-order chi connectivity index (χ1) is 9.11. The first kappa shape index (κ1) is 13.4. The van der Waals surface area contributed by atoms with Gasteiger partial charge in [-0.3, -0.25) is 4.79 Å². The van der Waals surface area contributed by atoms with Crippen LogP contribution in [-0.2, 0) is 6.54 Å². The van der Waals surface area contributed by atoms with Gasteiger partial charge in [0.2, 0.25) is 0 Å². The number of hydrogen-bond donors (Lipinski definition) is 1. The topological polar surface area (TPSA) is 48.0 Å². The van der Waals surface area contributed by atoms with Crippen LogP contribution in [0.1, 0.15) is 6.42 Å². The lowest BCUT2D eigenvalue weighted by atomic mass is 10.1. The zero-order valence-corrected chi connectivity index (χ0v) is 10.3. The monoisotopic (exact) mass is 264 g/mol. The molecule has 0 bridgehead atoms. The minimum absolute atomic E-state index is 0.139. The zero-order valence-electron chi connectivity index (χ0n) is 10.3. The van der Waals surface area contributed by atoms with E-state index in [1.54, 1.807) is 12.3 Å². The van der Waals surface area contributed by atoms with E-state index in [4.69, 9.17) is 5.73 Å². The molecule has 2 rings (SSSR count). The van der Waals surface area contributed by atoms with Crippen molar-refractivity contribution in [1.29, 1.82) is 0 Å². The Kier molecular flexibility index (Phi) is 4.06. The van der Waals surface area contributed by atoms with Crippen LogP contribution in [0.2, 0.25) is 0 Å². The van der Waals surface area contributed by atoms with Gasteiger partial charge in [0, 0.05) is 18.8 Å². The number of rotatable bonds is 4. The Balaban J connectivity index is 2.39. The van der Waals surface area contributed by atoms with Crippen molar-refractivity contribution in [3.8, 4) is 11.1 Å². The van der Waals surface area contributed by atoms with Crippen molar-refractivity contribution in [2.75, 3.05) is 6.54 Å². The molecule has 0 unspecified atom stereocenters. The number of aryl methyl sites for hydroxylation is 1. The molecule has 100 valence electrons. The lowest BCUT2D eigenvalue weighted by molar-refractivity contribution is 0.509. The van der Waals surface area contributed by atoms with Gasteiger partial charge in [0.25, 0.3) is 5.56 Å². The molecule has 0 saturated carbocycles. The minimum Gasteiger partial charge on any atom is -0.330 e. The molecule has 0 atom stereocenters. The summed E-state index contributed by atoms with van der Waals surface area (Å²) in [7, 11) is 0. The van der Waals surface area contributed by atoms with Crippen molar-refractivity contribution in [1.82, 2.24) is 4.57 Å². The fraction of sp³-hybridized carbons (Fsp3) is 0.214. The Morgan fingerprint density at radius 1 is 1.05 bits per heavy atom. The summed E-state index contributed by atoms with van der Waals surface area (Å²) in [6.07, 6.45) is 2.31. The Labute approximate surface area is 109 Å². The van der Waals surface area contributed by atoms with Gasteiger partial charge in [-0.1, -0.05) is 6.07 Å². The predicted octanol–water partition coefficient (Wildman–Crippen LogP) is 2.14. The van der Waals surface area contributed by atoms with Crippen LogP contribution in [0.4, 0.5) is 8.78 Å². The highest BCUT2D eigenvalue weighted by Crippen LogP contribution is 2.20. The number of pyridine rings is 1. The quantitative estimate of drug-likeness (QED) is 0.919. The molecule has 0 aliphatic carbocycles. The van der Waals surface area contributed by atoms with Crippen molar-refractivity contribution in [2.45, 2.75) is 13.0 Å². The van der Waals surface area contributed by atoms with Crippen LogP contribution in [0, 0.1) is 11.6 Å². The number of nitrogens with zero attached hydrogens (tertiary/aromatic N) is 1. The third-order valence-corrected chi connectivity index (χ3v) is 2.84. The molecular weight excluding hydrogens is 250 g/mol. The molecule has 5 heteroatoms. The summed E-state index contributed by atoms with van der Waals surface area (Å²) >= 11 is 0. The maximum absolute atomic E-state index is 13.2. The van der Waals surface area contributed by atoms with E-state index in [9.17, 15) is 13.6 Å². The van der Waals surface area contributed by atoms with Gasteiger partial charge >= 0.3 is 0 Å². The second-order valence-corrected chi connectivity index (χ2v) is 4.22. The van der Waals surface area contributed by atoms with Gasteiger partial charge in [-0.05, 0) is 42.3 Å². The maximum Gasteiger partial charge on any atom is 0.250 e. The number of aromatic nitrogens is 1. The summed E-state index contributed by atoms with van der Waals surface area (Å²) in [5, 5.41) is 0. The molecule has 3 nitrogen and oxygen atoms in total. The van der Waals surface area contributed by atoms with Gasteiger partial charge in [0.05, 0.1) is 0 Å². The Morgan fingerprint density at radius 2 is 1.79 bits per heavy atom. The average Bonchev–Trinajstić information content (AvgIpc) is 2.41. The normalized spacial score (nSPS) is 10.7. The fourth-order valence-electron chi connectivity index (χ4n) is 1.81. The Hall–Kier alpha value is -2.01. The van der Waals surface area contributed by atoms with Crippen molar-refractivity contribution in [3.05, 3.63) is 58.5 Å². The smallest absolute Gasteiger partial charge is 0.250 e. The maximum atomic E-state index is 13.2. The van der Waals surface area contributed by atoms with Gasteiger partial charge < -0.3 is 10.3 Å². The highest BCUT2D eigenvalue weighted by atomic mass is 19.2. The van der Waals surface area contributed by atoms with E-state index in [0.717, 1.165) is 12.1 Å². The van der Waals surface area contributed by atoms with E-state index in [-0.39, 0.29) is 5.56 Å². The molecule has 2 aromatic rings. The van der Waals surface area contributed by atoms with Crippen LogP contribution < -0.4 is 11.3 Å². The molecule has 0 spiro atoms. The predicted molar refractivity (Wildman–Crippen MR) is 69.7 cm³/mol. The first-order valence-corrected chi connectivity index (χ1v) is 5.98. The summed E-state index contributed by atoms with van der Waals surface area (Å²) in [5.41, 5.74) is 6.46. The van der Waals surface area contributed by atoms with Crippen molar-refractivity contribution in [2.24, 2.45) is 5.73 Å². The van der Waals surface area contributed by atoms with Crippen LogP contribution in [0.3, 0.4) is 0 Å². The van der Waals surface area contributed by atoms with E-state index in [2.05, 4.69) is 0 Å². The highest BCUT2D eigenvalue weighted by molar-refractivity contribution is 5.62. The molecule has 0 aliphatic heterocycles. The highest BCUT2D eigenvalue weighted by Gasteiger charge is 2.06. The van der Waals surface area contributed by atoms with Gasteiger partial charge in [-0.25, -0.2) is 8.78 Å². The molecule has 0 radical (unpaired) electrons. The molecule has 2 N–H and O–H groups in total. The largest absolute Gasteiger partial charge is 0.330 e. The number of hydrogen-bond acceptors (Lipinski definition) is 2. The lowest BCUT2D eigenvalue weighted by Gasteiger charge is -2.08. The molecule has 1 heterocycles. The lowest BCUT2D eigenvalue weighted by Crippen LogP contribution is -2.20. The molecular formula is C14H14F2N2O. The van der Waals surface area contributed by atoms with E-state index >= 15 is 0 Å². The molecule has 0 fully saturated rings. The van der Waals surface area contributed by atoms with Gasteiger partial charge in [-0.2, -0.15) is 0 Å². The van der Waals surface area contributed by atoms with Gasteiger partial charge in [0.1, 0.15) is 0 Å². The SMILES string of the molecule is NCCCn1cc(-c2ccc(F)c(F)c2)ccc1=O. The zero-order chi connectivity index (χ0) is 13.8. The molecule has 0 aliphatic rings. The molecule has 1 aromatic heterocycles. The fourth-order valence-corrected chi connectivity index (χ4v) is 1.81. The van der Waals surface area contributed by atoms with E-state index in [1.807, 2.05) is 0 Å². The van der Waals surface area contributed by atoms with Gasteiger partial charge in [0.15, 0.2) is 11.6 Å². The van der Waals surface area contributed by atoms with Crippen LogP contribution in [-0.4, -0.2) is 11.1 Å². The third kappa shape index (κ3) is 3.06. The number of benzene rings is 1. The van der Waals surface area contributed by atoms with Crippen molar-refractivity contribution >= 4 is 0 Å². The van der Waals surface area contributed by atoms with E-state index in [0.29, 0.717) is 30.6 Å². The number of nitrogens with two attached hydrogens (primary N) is 1. The molecule has 19 heavy (non-hydrogen) atoms. The first-order valence-electron chi connectivity index (χ1n) is 5.98. The second-order valence-electron chi connectivity index (χ2n) is 4.22. The minimum atomic E-state index is -0.905. The average molecular weight is 264 g/mol. The van der Waals surface area contributed by atoms with Crippen LogP contribution >= 0.6 is 0 Å². The van der Waals surface area contributed by atoms with Gasteiger partial charge in [-0.15, -0.1) is 0 Å². The number of halogens is 2. The second kappa shape index (κ2) is 5.75. The van der Waals surface area contributed by atoms with E-state index < -0.39 is 11.6 Å². The molecule has 0 amide bonds. The van der Waals surface area contributed by atoms with Crippen LogP contribution in [0.25, 0.3) is 11.1 Å². The molecule has 0 saturated heterocycles. The summed E-state index contributed by atoms with van der Waals surface area (Å²) < 4.78 is 27.6.